The fourth-order valence-electron chi connectivity index (χ4n) is 8.28. The maximum Gasteiger partial charge on any atom is 0.248 e. The molecule has 6 rings (SSSR count). The third-order valence-corrected chi connectivity index (χ3v) is 10.9. The minimum Gasteiger partial charge on any atom is -0.629 e. The Morgan fingerprint density at radius 1 is 0.740 bits per heavy atom. The zero-order valence-electron chi connectivity index (χ0n) is 29.7. The highest BCUT2D eigenvalue weighted by Crippen LogP contribution is 2.31. The highest BCUT2D eigenvalue weighted by atomic mass is 16.5. The molecular formula is C40H56N6O4. The number of hydrogen-bond acceptors (Lipinski definition) is 6. The summed E-state index contributed by atoms with van der Waals surface area (Å²) in [5.41, 5.74) is 8.61. The smallest absolute Gasteiger partial charge is 0.248 e. The molecule has 7 atom stereocenters. The quantitative estimate of drug-likeness (QED) is 0.178. The third kappa shape index (κ3) is 10.1. The van der Waals surface area contributed by atoms with E-state index >= 15 is 0 Å². The van der Waals surface area contributed by atoms with Crippen LogP contribution in [0.5, 0.6) is 0 Å². The Hall–Kier alpha value is -3.83. The predicted octanol–water partition coefficient (Wildman–Crippen LogP) is 3.58. The second-order valence-corrected chi connectivity index (χ2v) is 14.5. The summed E-state index contributed by atoms with van der Waals surface area (Å²) in [6.45, 7) is 8.90. The van der Waals surface area contributed by atoms with Crippen LogP contribution in [-0.4, -0.2) is 83.9 Å². The van der Waals surface area contributed by atoms with Crippen molar-refractivity contribution in [2.24, 2.45) is 5.73 Å². The molecule has 4 fully saturated rings. The van der Waals surface area contributed by atoms with Gasteiger partial charge in [0.1, 0.15) is 5.69 Å². The van der Waals surface area contributed by atoms with E-state index in [1.807, 2.05) is 58.4 Å². The summed E-state index contributed by atoms with van der Waals surface area (Å²) >= 11 is 0. The van der Waals surface area contributed by atoms with Crippen LogP contribution in [0.1, 0.15) is 85.7 Å². The van der Waals surface area contributed by atoms with Gasteiger partial charge < -0.3 is 36.4 Å². The molecule has 0 aliphatic carbocycles. The van der Waals surface area contributed by atoms with Crippen molar-refractivity contribution in [1.82, 2.24) is 20.4 Å². The van der Waals surface area contributed by atoms with Gasteiger partial charge in [0.05, 0.1) is 7.05 Å². The number of nitrogens with two attached hydrogens (primary N) is 1. The Bertz CT molecular complexity index is 1440. The zero-order valence-corrected chi connectivity index (χ0v) is 29.7. The van der Waals surface area contributed by atoms with Crippen molar-refractivity contribution in [2.75, 3.05) is 20.1 Å². The molecule has 4 aliphatic rings. The summed E-state index contributed by atoms with van der Waals surface area (Å²) in [5, 5.41) is 18.7. The lowest BCUT2D eigenvalue weighted by atomic mass is 9.97. The zero-order chi connectivity index (χ0) is 35.6. The van der Waals surface area contributed by atoms with Gasteiger partial charge in [-0.15, -0.1) is 13.2 Å². The number of hydrogen-bond donors (Lipinski definition) is 4. The van der Waals surface area contributed by atoms with Gasteiger partial charge in [-0.1, -0.05) is 36.4 Å². The van der Waals surface area contributed by atoms with E-state index in [-0.39, 0.29) is 16.9 Å². The van der Waals surface area contributed by atoms with E-state index in [1.54, 1.807) is 19.2 Å². The van der Waals surface area contributed by atoms with Crippen LogP contribution in [0.15, 0.2) is 73.8 Å². The van der Waals surface area contributed by atoms with Crippen LogP contribution in [0, 0.1) is 5.21 Å². The molecule has 4 aliphatic heterocycles. The molecule has 4 heterocycles. The Morgan fingerprint density at radius 3 is 1.46 bits per heavy atom. The molecule has 270 valence electrons. The number of rotatable bonds is 14. The average molecular weight is 685 g/mol. The maximum absolute atomic E-state index is 12.8. The number of fused-ring (bicyclic) bond motifs is 4. The lowest BCUT2D eigenvalue weighted by Crippen LogP contribution is -2.98. The van der Waals surface area contributed by atoms with Gasteiger partial charge in [0.25, 0.3) is 0 Å². The fraction of sp³-hybridized carbons (Fsp3) is 0.525. The van der Waals surface area contributed by atoms with Gasteiger partial charge >= 0.3 is 0 Å². The summed E-state index contributed by atoms with van der Waals surface area (Å²) in [6, 6.07) is 17.7. The van der Waals surface area contributed by atoms with Gasteiger partial charge in [-0.25, -0.2) is 0 Å². The number of hydroxylamine groups is 1. The molecule has 2 aromatic rings. The van der Waals surface area contributed by atoms with Gasteiger partial charge in [0.15, 0.2) is 0 Å². The molecule has 3 unspecified atom stereocenters. The molecule has 5 N–H and O–H groups in total. The largest absolute Gasteiger partial charge is 0.629 e. The first-order chi connectivity index (χ1) is 24.1. The van der Waals surface area contributed by atoms with E-state index in [4.69, 9.17) is 5.73 Å². The molecule has 0 aromatic heterocycles. The third-order valence-electron chi connectivity index (χ3n) is 10.9. The summed E-state index contributed by atoms with van der Waals surface area (Å²) in [6.07, 6.45) is 15.2. The molecule has 2 aromatic carbocycles. The highest BCUT2D eigenvalue weighted by molar-refractivity contribution is 5.92. The van der Waals surface area contributed by atoms with Crippen LogP contribution in [0.25, 0.3) is 0 Å². The fourth-order valence-corrected chi connectivity index (χ4v) is 8.28. The maximum atomic E-state index is 12.8. The second-order valence-electron chi connectivity index (χ2n) is 14.5. The number of carbonyl (C=O) groups is 3. The van der Waals surface area contributed by atoms with Gasteiger partial charge in [-0.2, -0.15) is 0 Å². The van der Waals surface area contributed by atoms with Crippen LogP contribution in [0.2, 0.25) is 0 Å². The van der Waals surface area contributed by atoms with Crippen molar-refractivity contribution < 1.29 is 19.4 Å². The number of benzene rings is 2. The lowest BCUT2D eigenvalue weighted by molar-refractivity contribution is -0.751. The van der Waals surface area contributed by atoms with Crippen molar-refractivity contribution >= 4 is 23.4 Å². The van der Waals surface area contributed by atoms with E-state index in [0.29, 0.717) is 86.3 Å². The van der Waals surface area contributed by atoms with Crippen LogP contribution in [0.4, 0.5) is 5.69 Å². The number of primary amides is 1. The molecule has 10 heteroatoms. The number of piperidine rings is 2. The number of carbonyl (C=O) groups excluding carboxylic acids is 3. The molecular weight excluding hydrogens is 628 g/mol. The molecule has 0 radical (unpaired) electrons. The minimum absolute atomic E-state index is 0.0697. The topological polar surface area (TPSA) is 135 Å². The van der Waals surface area contributed by atoms with Crippen LogP contribution in [0.3, 0.4) is 0 Å². The minimum atomic E-state index is -0.430. The Labute approximate surface area is 297 Å². The number of aryl methyl sites for hydroxylation is 2. The first kappa shape index (κ1) is 37.4. The van der Waals surface area contributed by atoms with E-state index in [9.17, 15) is 19.6 Å². The number of quaternary nitrogens is 1. The molecule has 4 bridgehead atoms. The molecule has 10 nitrogen and oxygen atoms in total. The van der Waals surface area contributed by atoms with E-state index in [0.717, 1.165) is 36.8 Å². The summed E-state index contributed by atoms with van der Waals surface area (Å²) in [5.74, 6) is -0.0349. The van der Waals surface area contributed by atoms with E-state index in [1.165, 1.54) is 25.7 Å². The monoisotopic (exact) mass is 684 g/mol. The summed E-state index contributed by atoms with van der Waals surface area (Å²) < 4.78 is 0. The van der Waals surface area contributed by atoms with E-state index < -0.39 is 5.91 Å². The first-order valence-corrected chi connectivity index (χ1v) is 18.4. The van der Waals surface area contributed by atoms with Crippen molar-refractivity contribution in [2.45, 2.75) is 113 Å². The normalized spacial score (nSPS) is 25.5. The SMILES string of the molecule is C=CCN(C(=O)CCc1ccc(C(N)=O)cc1)C1C[C@H]2CC[C@@H](C1)N2.C=CCN(C(=O)CCc1ccc([NH+](C)[O-])cc1)C1C[C@H]2CC[C@@H](C1)N2. The van der Waals surface area contributed by atoms with Crippen LogP contribution in [-0.2, 0) is 22.4 Å². The van der Waals surface area contributed by atoms with Gasteiger partial charge in [-0.3, -0.25) is 14.4 Å². The molecule has 0 saturated carbocycles. The van der Waals surface area contributed by atoms with E-state index in [2.05, 4.69) is 23.8 Å². The highest BCUT2D eigenvalue weighted by Gasteiger charge is 2.38. The summed E-state index contributed by atoms with van der Waals surface area (Å²) in [7, 11) is 1.57. The van der Waals surface area contributed by atoms with Crippen molar-refractivity contribution in [3.8, 4) is 0 Å². The van der Waals surface area contributed by atoms with Gasteiger partial charge in [0, 0.05) is 67.7 Å². The number of amides is 3. The Morgan fingerprint density at radius 2 is 1.12 bits per heavy atom. The summed E-state index contributed by atoms with van der Waals surface area (Å²) in [4.78, 5) is 40.8. The standard InChI is InChI=1S/C20H29N3O2.C20H27N3O2/c1-3-12-23(19-13-16-7-8-17(14-19)21-16)20(24)11-6-15-4-9-18(10-5-15)22(2)25;1-2-11-23(18-12-16-8-9-17(13-18)22-16)19(24)10-5-14-3-6-15(7-4-14)20(21)25/h3-5,9-10,16-17,19,21-22H,1,6-8,11-14H2,2H3;2-4,6-7,16-18,22H,1,5,8-13H2,(H2,21,25)/t16-,17+,19?;16-,17+,18?. The Balaban J connectivity index is 0.000000194. The molecule has 4 saturated heterocycles. The Kier molecular flexibility index (Phi) is 13.4. The molecule has 50 heavy (non-hydrogen) atoms. The van der Waals surface area contributed by atoms with Crippen LogP contribution >= 0.6 is 0 Å². The average Bonchev–Trinajstić information content (AvgIpc) is 3.65. The molecule has 3 amide bonds. The number of nitrogens with zero attached hydrogens (tertiary/aromatic N) is 2. The second kappa shape index (κ2) is 17.9. The number of nitrogens with one attached hydrogen (secondary N) is 3. The predicted molar refractivity (Wildman–Crippen MR) is 198 cm³/mol. The van der Waals surface area contributed by atoms with Crippen molar-refractivity contribution in [3.63, 3.8) is 0 Å². The van der Waals surface area contributed by atoms with Crippen LogP contribution < -0.4 is 21.4 Å². The van der Waals surface area contributed by atoms with Gasteiger partial charge in [-0.05, 0) is 99.6 Å². The lowest BCUT2D eigenvalue weighted by Gasteiger charge is -2.37. The first-order valence-electron chi connectivity index (χ1n) is 18.4. The molecule has 0 spiro atoms. The van der Waals surface area contributed by atoms with Crippen molar-refractivity contribution in [3.05, 3.63) is 95.7 Å². The van der Waals surface area contributed by atoms with Crippen molar-refractivity contribution in [1.29, 1.82) is 0 Å². The van der Waals surface area contributed by atoms with Gasteiger partial charge in [0.2, 0.25) is 17.7 Å².